The van der Waals surface area contributed by atoms with E-state index in [4.69, 9.17) is 10.5 Å². The molecule has 0 heterocycles. The lowest BCUT2D eigenvalue weighted by molar-refractivity contribution is 0.417. The van der Waals surface area contributed by atoms with Crippen LogP contribution < -0.4 is 15.2 Å². The van der Waals surface area contributed by atoms with Gasteiger partial charge in [-0.05, 0) is 42.8 Å². The van der Waals surface area contributed by atoms with Crippen molar-refractivity contribution < 1.29 is 13.2 Å². The van der Waals surface area contributed by atoms with Crippen LogP contribution in [0.2, 0.25) is 0 Å². The molecule has 21 heavy (non-hydrogen) atoms. The number of halogens is 1. The number of rotatable bonds is 4. The lowest BCUT2D eigenvalue weighted by Crippen LogP contribution is -2.14. The summed E-state index contributed by atoms with van der Waals surface area (Å²) in [7, 11) is -2.18. The van der Waals surface area contributed by atoms with Crippen LogP contribution in [0.25, 0.3) is 0 Å². The molecule has 0 fully saturated rings. The monoisotopic (exact) mass is 370 g/mol. The average molecular weight is 371 g/mol. The minimum atomic E-state index is -3.68. The number of sulfonamides is 1. The fourth-order valence-electron chi connectivity index (χ4n) is 1.87. The summed E-state index contributed by atoms with van der Waals surface area (Å²) < 4.78 is 33.1. The summed E-state index contributed by atoms with van der Waals surface area (Å²) in [6.45, 7) is 1.74. The van der Waals surface area contributed by atoms with Crippen LogP contribution in [0.3, 0.4) is 0 Å². The summed E-state index contributed by atoms with van der Waals surface area (Å²) in [6, 6.07) is 9.82. The topological polar surface area (TPSA) is 81.4 Å². The lowest BCUT2D eigenvalue weighted by atomic mass is 10.2. The largest absolute Gasteiger partial charge is 0.495 e. The van der Waals surface area contributed by atoms with Crippen molar-refractivity contribution in [3.05, 3.63) is 46.4 Å². The molecule has 2 rings (SSSR count). The fraction of sp³-hybridized carbons (Fsp3) is 0.143. The maximum atomic E-state index is 12.4. The molecule has 0 atom stereocenters. The highest BCUT2D eigenvalue weighted by atomic mass is 79.9. The molecule has 2 aromatic carbocycles. The second-order valence-corrected chi connectivity index (χ2v) is 7.04. The second-order valence-electron chi connectivity index (χ2n) is 4.47. The zero-order valence-electron chi connectivity index (χ0n) is 11.6. The molecule has 2 aromatic rings. The van der Waals surface area contributed by atoms with E-state index in [0.717, 1.165) is 0 Å². The van der Waals surface area contributed by atoms with Gasteiger partial charge in [-0.3, -0.25) is 4.72 Å². The van der Waals surface area contributed by atoms with Crippen molar-refractivity contribution in [2.75, 3.05) is 17.6 Å². The Morgan fingerprint density at radius 3 is 2.52 bits per heavy atom. The number of nitrogens with two attached hydrogens (primary N) is 1. The Bertz CT molecular complexity index is 776. The first-order chi connectivity index (χ1) is 9.83. The van der Waals surface area contributed by atoms with Gasteiger partial charge in [0.2, 0.25) is 0 Å². The highest BCUT2D eigenvalue weighted by molar-refractivity contribution is 9.10. The summed E-state index contributed by atoms with van der Waals surface area (Å²) in [6.07, 6.45) is 0. The third kappa shape index (κ3) is 3.48. The van der Waals surface area contributed by atoms with E-state index in [1.54, 1.807) is 37.3 Å². The van der Waals surface area contributed by atoms with Crippen LogP contribution >= 0.6 is 15.9 Å². The van der Waals surface area contributed by atoms with Crippen molar-refractivity contribution in [3.63, 3.8) is 0 Å². The van der Waals surface area contributed by atoms with E-state index in [1.807, 2.05) is 0 Å². The minimum absolute atomic E-state index is 0.214. The summed E-state index contributed by atoms with van der Waals surface area (Å²) in [5.74, 6) is 0.497. The first kappa shape index (κ1) is 15.7. The molecule has 7 heteroatoms. The third-order valence-electron chi connectivity index (χ3n) is 2.92. The van der Waals surface area contributed by atoms with Gasteiger partial charge in [-0.2, -0.15) is 0 Å². The number of hydrogen-bond acceptors (Lipinski definition) is 4. The number of anilines is 2. The van der Waals surface area contributed by atoms with E-state index in [2.05, 4.69) is 20.7 Å². The summed E-state index contributed by atoms with van der Waals surface area (Å²) >= 11 is 3.28. The van der Waals surface area contributed by atoms with Gasteiger partial charge < -0.3 is 10.5 Å². The highest BCUT2D eigenvalue weighted by Crippen LogP contribution is 2.27. The van der Waals surface area contributed by atoms with Crippen molar-refractivity contribution in [1.29, 1.82) is 0 Å². The van der Waals surface area contributed by atoms with Crippen LogP contribution in [0.15, 0.2) is 45.8 Å². The van der Waals surface area contributed by atoms with Gasteiger partial charge in [-0.1, -0.05) is 22.0 Å². The first-order valence-corrected chi connectivity index (χ1v) is 8.33. The zero-order valence-corrected chi connectivity index (χ0v) is 14.0. The molecule has 0 aromatic heterocycles. The van der Waals surface area contributed by atoms with Gasteiger partial charge in [-0.15, -0.1) is 0 Å². The lowest BCUT2D eigenvalue weighted by Gasteiger charge is -2.12. The Kier molecular flexibility index (Phi) is 4.43. The van der Waals surface area contributed by atoms with Crippen LogP contribution in [0.4, 0.5) is 11.4 Å². The van der Waals surface area contributed by atoms with Crippen molar-refractivity contribution in [2.45, 2.75) is 11.8 Å². The molecule has 0 saturated heterocycles. The smallest absolute Gasteiger partial charge is 0.262 e. The average Bonchev–Trinajstić information content (AvgIpc) is 2.41. The molecule has 0 radical (unpaired) electrons. The minimum Gasteiger partial charge on any atom is -0.495 e. The molecule has 0 unspecified atom stereocenters. The predicted molar refractivity (Wildman–Crippen MR) is 87.1 cm³/mol. The zero-order chi connectivity index (χ0) is 15.6. The van der Waals surface area contributed by atoms with E-state index in [0.29, 0.717) is 27.2 Å². The number of ether oxygens (including phenoxy) is 1. The predicted octanol–water partition coefficient (Wildman–Crippen LogP) is 3.15. The number of nitrogen functional groups attached to an aromatic ring is 1. The molecule has 0 aliphatic rings. The molecule has 0 spiro atoms. The number of hydrogen-bond donors (Lipinski definition) is 2. The van der Waals surface area contributed by atoms with E-state index in [1.165, 1.54) is 13.2 Å². The van der Waals surface area contributed by atoms with Crippen LogP contribution in [0.1, 0.15) is 5.56 Å². The Morgan fingerprint density at radius 1 is 1.19 bits per heavy atom. The Labute approximate surface area is 132 Å². The molecular weight excluding hydrogens is 356 g/mol. The van der Waals surface area contributed by atoms with Gasteiger partial charge in [0.1, 0.15) is 5.75 Å². The third-order valence-corrected chi connectivity index (χ3v) is 4.94. The van der Waals surface area contributed by atoms with Crippen LogP contribution in [-0.4, -0.2) is 15.5 Å². The van der Waals surface area contributed by atoms with Gasteiger partial charge in [-0.25, -0.2) is 8.42 Å². The number of methoxy groups -OCH3 is 1. The van der Waals surface area contributed by atoms with E-state index >= 15 is 0 Å². The summed E-state index contributed by atoms with van der Waals surface area (Å²) in [5, 5.41) is 0. The molecule has 0 saturated carbocycles. The Balaban J connectivity index is 2.37. The first-order valence-electron chi connectivity index (χ1n) is 6.06. The van der Waals surface area contributed by atoms with Crippen molar-refractivity contribution in [3.8, 4) is 5.75 Å². The van der Waals surface area contributed by atoms with Gasteiger partial charge in [0.15, 0.2) is 0 Å². The van der Waals surface area contributed by atoms with Gasteiger partial charge in [0.25, 0.3) is 10.0 Å². The van der Waals surface area contributed by atoms with Crippen molar-refractivity contribution in [2.24, 2.45) is 0 Å². The maximum Gasteiger partial charge on any atom is 0.262 e. The summed E-state index contributed by atoms with van der Waals surface area (Å²) in [4.78, 5) is 0.214. The standard InChI is InChI=1S/C14H15BrN2O3S/c1-9-3-4-10(15)7-14(9)21(18,19)17-11-5-6-13(20-2)12(16)8-11/h3-8,17H,16H2,1-2H3. The van der Waals surface area contributed by atoms with Crippen LogP contribution in [0.5, 0.6) is 5.75 Å². The quantitative estimate of drug-likeness (QED) is 0.809. The molecule has 112 valence electrons. The van der Waals surface area contributed by atoms with Crippen molar-refractivity contribution >= 4 is 37.3 Å². The molecule has 0 aliphatic heterocycles. The number of aryl methyl sites for hydroxylation is 1. The Hall–Kier alpha value is -1.73. The van der Waals surface area contributed by atoms with E-state index < -0.39 is 10.0 Å². The van der Waals surface area contributed by atoms with Gasteiger partial charge in [0, 0.05) is 4.47 Å². The highest BCUT2D eigenvalue weighted by Gasteiger charge is 2.17. The van der Waals surface area contributed by atoms with Crippen LogP contribution in [0, 0.1) is 6.92 Å². The summed E-state index contributed by atoms with van der Waals surface area (Å²) in [5.41, 5.74) is 7.18. The van der Waals surface area contributed by atoms with Gasteiger partial charge >= 0.3 is 0 Å². The number of nitrogens with one attached hydrogen (secondary N) is 1. The van der Waals surface area contributed by atoms with Crippen LogP contribution in [-0.2, 0) is 10.0 Å². The SMILES string of the molecule is COc1ccc(NS(=O)(=O)c2cc(Br)ccc2C)cc1N. The van der Waals surface area contributed by atoms with E-state index in [9.17, 15) is 8.42 Å². The maximum absolute atomic E-state index is 12.4. The molecular formula is C14H15BrN2O3S. The fourth-order valence-corrected chi connectivity index (χ4v) is 3.71. The molecule has 0 bridgehead atoms. The molecule has 0 amide bonds. The van der Waals surface area contributed by atoms with E-state index in [-0.39, 0.29) is 4.90 Å². The molecule has 3 N–H and O–H groups in total. The second kappa shape index (κ2) is 5.95. The van der Waals surface area contributed by atoms with Crippen molar-refractivity contribution in [1.82, 2.24) is 0 Å². The molecule has 0 aliphatic carbocycles. The van der Waals surface area contributed by atoms with Gasteiger partial charge in [0.05, 0.1) is 23.4 Å². The molecule has 5 nitrogen and oxygen atoms in total. The number of benzene rings is 2. The normalized spacial score (nSPS) is 11.2. The Morgan fingerprint density at radius 2 is 1.90 bits per heavy atom.